The zero-order valence-corrected chi connectivity index (χ0v) is 27.2. The van der Waals surface area contributed by atoms with Gasteiger partial charge in [-0.3, -0.25) is 4.90 Å². The third-order valence-corrected chi connectivity index (χ3v) is 7.02. The second-order valence-corrected chi connectivity index (χ2v) is 10.9. The van der Waals surface area contributed by atoms with Crippen molar-refractivity contribution in [3.05, 3.63) is 107 Å². The number of Topliss-reactive ketones (excluding diaryl/α,β-unsaturated/α-hetero) is 1. The Morgan fingerprint density at radius 3 is 2.12 bits per heavy atom. The van der Waals surface area contributed by atoms with Crippen LogP contribution < -0.4 is 0 Å². The van der Waals surface area contributed by atoms with Crippen LogP contribution in [0.2, 0.25) is 0 Å². The third kappa shape index (κ3) is 15.9. The van der Waals surface area contributed by atoms with Crippen molar-refractivity contribution in [2.75, 3.05) is 13.1 Å². The normalized spacial score (nSPS) is 15.5. The molecule has 1 saturated heterocycles. The maximum absolute atomic E-state index is 13.2. The largest absolute Gasteiger partial charge is 0.300 e. The molecule has 3 rings (SSSR count). The molecule has 2 nitrogen and oxygen atoms in total. The minimum Gasteiger partial charge on any atom is -0.300 e. The van der Waals surface area contributed by atoms with E-state index in [1.54, 1.807) is 18.2 Å². The summed E-state index contributed by atoms with van der Waals surface area (Å²) in [6.07, 6.45) is 13.3. The molecule has 42 heavy (non-hydrogen) atoms. The lowest BCUT2D eigenvalue weighted by Gasteiger charge is -2.32. The Hall–Kier alpha value is -2.92. The number of carbonyl (C=O) groups excluding carboxylic acids is 1. The summed E-state index contributed by atoms with van der Waals surface area (Å²) < 4.78 is 38.5. The Morgan fingerprint density at radius 2 is 1.62 bits per heavy atom. The Bertz CT molecular complexity index is 1080. The summed E-state index contributed by atoms with van der Waals surface area (Å²) in [4.78, 5) is 11.9. The van der Waals surface area contributed by atoms with E-state index in [0.29, 0.717) is 6.33 Å². The first-order valence-electron chi connectivity index (χ1n) is 15.4. The average molecular weight is 586 g/mol. The van der Waals surface area contributed by atoms with E-state index in [2.05, 4.69) is 25.7 Å². The number of nitrogens with zero attached hydrogens (tertiary/aromatic N) is 1. The first-order chi connectivity index (χ1) is 20.0. The lowest BCUT2D eigenvalue weighted by atomic mass is 9.72. The van der Waals surface area contributed by atoms with Crippen LogP contribution in [-0.4, -0.2) is 23.8 Å². The maximum atomic E-state index is 13.2. The van der Waals surface area contributed by atoms with E-state index in [9.17, 15) is 18.0 Å². The smallest absolute Gasteiger partial charge is 0.126 e. The minimum absolute atomic E-state index is 0.127. The van der Waals surface area contributed by atoms with Crippen LogP contribution in [0, 0.1) is 17.6 Å². The number of hydrogen-bond acceptors (Lipinski definition) is 2. The van der Waals surface area contributed by atoms with Crippen LogP contribution in [0.5, 0.6) is 0 Å². The minimum atomic E-state index is -0.254. The highest BCUT2D eigenvalue weighted by Crippen LogP contribution is 2.38. The number of halogens is 3. The Morgan fingerprint density at radius 1 is 1.02 bits per heavy atom. The van der Waals surface area contributed by atoms with E-state index < -0.39 is 0 Å². The van der Waals surface area contributed by atoms with Crippen LogP contribution in [0.3, 0.4) is 0 Å². The molecule has 0 radical (unpaired) electrons. The Kier molecular flexibility index (Phi) is 21.1. The first kappa shape index (κ1) is 39.1. The summed E-state index contributed by atoms with van der Waals surface area (Å²) in [6, 6.07) is 13.5. The molecule has 1 fully saturated rings. The van der Waals surface area contributed by atoms with Crippen LogP contribution in [-0.2, 0) is 16.8 Å². The summed E-state index contributed by atoms with van der Waals surface area (Å²) in [5, 5.41) is 0. The SMILES string of the molecule is CC.CC(C)=O.CC1CCN(Cc2cccc(F)c2)CC1.C\C=C/C(=C\C=C\F)C(C)(CCCC)c1ccc(F)cc1. The molecule has 1 atom stereocenters. The molecule has 0 aromatic heterocycles. The summed E-state index contributed by atoms with van der Waals surface area (Å²) in [7, 11) is 0. The van der Waals surface area contributed by atoms with Gasteiger partial charge in [-0.25, -0.2) is 13.2 Å². The molecule has 2 aromatic carbocycles. The number of carbonyl (C=O) groups is 1. The number of unbranched alkanes of at least 4 members (excludes halogenated alkanes) is 1. The van der Waals surface area contributed by atoms with Crippen molar-refractivity contribution in [3.63, 3.8) is 0 Å². The predicted molar refractivity (Wildman–Crippen MR) is 174 cm³/mol. The van der Waals surface area contributed by atoms with Gasteiger partial charge in [0.15, 0.2) is 0 Å². The molecule has 0 N–H and O–H groups in total. The van der Waals surface area contributed by atoms with Crippen LogP contribution in [0.25, 0.3) is 0 Å². The van der Waals surface area contributed by atoms with Gasteiger partial charge in [0.2, 0.25) is 0 Å². The molecular formula is C37H54F3NO. The number of allylic oxidation sites excluding steroid dienone is 5. The predicted octanol–water partition coefficient (Wildman–Crippen LogP) is 10.9. The average Bonchev–Trinajstić information content (AvgIpc) is 2.97. The number of ketones is 1. The fourth-order valence-electron chi connectivity index (χ4n) is 4.66. The van der Waals surface area contributed by atoms with Gasteiger partial charge in [0, 0.05) is 12.0 Å². The number of rotatable bonds is 9. The molecule has 1 unspecified atom stereocenters. The summed E-state index contributed by atoms with van der Waals surface area (Å²) in [6.45, 7) is 18.8. The van der Waals surface area contributed by atoms with Gasteiger partial charge >= 0.3 is 0 Å². The van der Waals surface area contributed by atoms with Crippen molar-refractivity contribution in [2.45, 2.75) is 99.5 Å². The number of benzene rings is 2. The summed E-state index contributed by atoms with van der Waals surface area (Å²) in [5.74, 6) is 0.656. The van der Waals surface area contributed by atoms with E-state index in [1.807, 2.05) is 51.1 Å². The lowest BCUT2D eigenvalue weighted by Crippen LogP contribution is -2.32. The Labute approximate surface area is 254 Å². The van der Waals surface area contributed by atoms with Crippen molar-refractivity contribution in [3.8, 4) is 0 Å². The number of piperidine rings is 1. The second kappa shape index (κ2) is 22.6. The van der Waals surface area contributed by atoms with Gasteiger partial charge in [0.25, 0.3) is 0 Å². The molecule has 1 aliphatic rings. The third-order valence-electron chi connectivity index (χ3n) is 7.02. The van der Waals surface area contributed by atoms with Crippen LogP contribution in [0.15, 0.2) is 84.7 Å². The molecule has 0 aliphatic carbocycles. The van der Waals surface area contributed by atoms with E-state index in [0.717, 1.165) is 61.5 Å². The van der Waals surface area contributed by atoms with Crippen LogP contribution >= 0.6 is 0 Å². The number of hydrogen-bond donors (Lipinski definition) is 0. The van der Waals surface area contributed by atoms with E-state index >= 15 is 0 Å². The fraction of sp³-hybridized carbons (Fsp3) is 0.486. The van der Waals surface area contributed by atoms with Crippen LogP contribution in [0.1, 0.15) is 98.6 Å². The van der Waals surface area contributed by atoms with Gasteiger partial charge in [-0.2, -0.15) is 0 Å². The van der Waals surface area contributed by atoms with Crippen LogP contribution in [0.4, 0.5) is 13.2 Å². The number of likely N-dealkylation sites (tertiary alicyclic amines) is 1. The Balaban J connectivity index is 0.000000696. The van der Waals surface area contributed by atoms with Crippen molar-refractivity contribution in [2.24, 2.45) is 5.92 Å². The quantitative estimate of drug-likeness (QED) is 0.273. The maximum Gasteiger partial charge on any atom is 0.126 e. The molecule has 0 spiro atoms. The molecule has 5 heteroatoms. The molecule has 1 aliphatic heterocycles. The molecule has 234 valence electrons. The van der Waals surface area contributed by atoms with Crippen molar-refractivity contribution >= 4 is 5.78 Å². The van der Waals surface area contributed by atoms with Crippen molar-refractivity contribution < 1.29 is 18.0 Å². The van der Waals surface area contributed by atoms with E-state index in [4.69, 9.17) is 0 Å². The molecule has 2 aromatic rings. The first-order valence-corrected chi connectivity index (χ1v) is 15.4. The fourth-order valence-corrected chi connectivity index (χ4v) is 4.66. The van der Waals surface area contributed by atoms with Gasteiger partial charge < -0.3 is 4.79 Å². The van der Waals surface area contributed by atoms with Gasteiger partial charge in [0.05, 0.1) is 6.33 Å². The summed E-state index contributed by atoms with van der Waals surface area (Å²) >= 11 is 0. The summed E-state index contributed by atoms with van der Waals surface area (Å²) in [5.41, 5.74) is 2.91. The monoisotopic (exact) mass is 585 g/mol. The molecular weight excluding hydrogens is 531 g/mol. The van der Waals surface area contributed by atoms with Gasteiger partial charge in [-0.1, -0.05) is 90.0 Å². The molecule has 1 heterocycles. The highest BCUT2D eigenvalue weighted by molar-refractivity contribution is 5.72. The van der Waals surface area contributed by atoms with Gasteiger partial charge in [0.1, 0.15) is 17.4 Å². The van der Waals surface area contributed by atoms with Gasteiger partial charge in [-0.05, 0) is 106 Å². The standard InChI is InChI=1S/C19H24F2.C13H18FN.C3H6O.C2H6/c1-4-6-14-19(3,16(8-5-2)9-7-15-20)17-10-12-18(21)13-11-17;1-11-5-7-15(8-6-11)10-12-3-2-4-13(14)9-12;1-3(2)4;1-2/h5,7-13,15H,4,6,14H2,1-3H3;2-4,9,11H,5-8,10H2,1H3;1-2H3;1-2H3/b8-5-,15-7+,16-9+;;;. The topological polar surface area (TPSA) is 20.3 Å². The molecule has 0 amide bonds. The highest BCUT2D eigenvalue weighted by atomic mass is 19.1. The van der Waals surface area contributed by atoms with Crippen molar-refractivity contribution in [1.29, 1.82) is 0 Å². The zero-order chi connectivity index (χ0) is 32.0. The second-order valence-electron chi connectivity index (χ2n) is 10.9. The lowest BCUT2D eigenvalue weighted by molar-refractivity contribution is -0.115. The molecule has 0 saturated carbocycles. The molecule has 0 bridgehead atoms. The van der Waals surface area contributed by atoms with E-state index in [-0.39, 0.29) is 22.8 Å². The van der Waals surface area contributed by atoms with Crippen molar-refractivity contribution in [1.82, 2.24) is 4.90 Å². The highest BCUT2D eigenvalue weighted by Gasteiger charge is 2.29. The van der Waals surface area contributed by atoms with Gasteiger partial charge in [-0.15, -0.1) is 0 Å². The zero-order valence-electron chi connectivity index (χ0n) is 27.2. The van der Waals surface area contributed by atoms with E-state index in [1.165, 1.54) is 51.0 Å².